The molecule has 3 nitrogen and oxygen atoms in total. The first-order valence-corrected chi connectivity index (χ1v) is 5.63. The standard InChI is InChI=1S/C8H3F7O3S/c9-6-4(7(10,11)12)2-1-3-5(6)18-19(16,17)8(13,14)15/h1-3H. The molecule has 0 spiro atoms. The van der Waals surface area contributed by atoms with E-state index in [1.165, 1.54) is 0 Å². The van der Waals surface area contributed by atoms with Gasteiger partial charge in [0.05, 0.1) is 5.56 Å². The molecular formula is C8H3F7O3S. The molecule has 0 bridgehead atoms. The SMILES string of the molecule is O=S(=O)(Oc1cccc(C(F)(F)F)c1F)C(F)(F)F. The van der Waals surface area contributed by atoms with Gasteiger partial charge in [0.25, 0.3) is 0 Å². The zero-order valence-electron chi connectivity index (χ0n) is 8.51. The molecule has 11 heteroatoms. The van der Waals surface area contributed by atoms with Gasteiger partial charge in [-0.3, -0.25) is 0 Å². The summed E-state index contributed by atoms with van der Waals surface area (Å²) in [7, 11) is -6.24. The fourth-order valence-electron chi connectivity index (χ4n) is 0.960. The molecule has 108 valence electrons. The molecular weight excluding hydrogens is 309 g/mol. The van der Waals surface area contributed by atoms with E-state index in [2.05, 4.69) is 4.18 Å². The van der Waals surface area contributed by atoms with E-state index in [-0.39, 0.29) is 6.07 Å². The van der Waals surface area contributed by atoms with Gasteiger partial charge in [-0.15, -0.1) is 0 Å². The van der Waals surface area contributed by atoms with E-state index in [0.29, 0.717) is 12.1 Å². The molecule has 0 saturated heterocycles. The highest BCUT2D eigenvalue weighted by atomic mass is 32.2. The van der Waals surface area contributed by atoms with Crippen LogP contribution in [0, 0.1) is 5.82 Å². The van der Waals surface area contributed by atoms with E-state index in [0.717, 1.165) is 0 Å². The maximum atomic E-state index is 13.2. The van der Waals surface area contributed by atoms with Crippen molar-refractivity contribution in [1.29, 1.82) is 0 Å². The van der Waals surface area contributed by atoms with Gasteiger partial charge < -0.3 is 4.18 Å². The lowest BCUT2D eigenvalue weighted by Gasteiger charge is -2.13. The second-order valence-corrected chi connectivity index (χ2v) is 4.64. The monoisotopic (exact) mass is 312 g/mol. The molecule has 0 amide bonds. The Kier molecular flexibility index (Phi) is 3.72. The average molecular weight is 312 g/mol. The second-order valence-electron chi connectivity index (χ2n) is 3.10. The number of halogens is 7. The molecule has 0 N–H and O–H groups in total. The molecule has 0 aliphatic heterocycles. The van der Waals surface area contributed by atoms with Gasteiger partial charge in [-0.05, 0) is 12.1 Å². The fourth-order valence-corrected chi connectivity index (χ4v) is 1.42. The van der Waals surface area contributed by atoms with Crippen LogP contribution in [0.4, 0.5) is 30.7 Å². The van der Waals surface area contributed by atoms with Gasteiger partial charge in [-0.25, -0.2) is 4.39 Å². The highest BCUT2D eigenvalue weighted by molar-refractivity contribution is 7.88. The normalized spacial score (nSPS) is 13.4. The molecule has 0 atom stereocenters. The zero-order chi connectivity index (χ0) is 15.1. The topological polar surface area (TPSA) is 43.4 Å². The van der Waals surface area contributed by atoms with Crippen LogP contribution in [-0.4, -0.2) is 13.9 Å². The highest BCUT2D eigenvalue weighted by Gasteiger charge is 2.49. The van der Waals surface area contributed by atoms with Crippen LogP contribution in [0.3, 0.4) is 0 Å². The van der Waals surface area contributed by atoms with Crippen molar-refractivity contribution < 1.29 is 43.3 Å². The van der Waals surface area contributed by atoms with E-state index in [1.807, 2.05) is 0 Å². The van der Waals surface area contributed by atoms with Crippen molar-refractivity contribution in [3.8, 4) is 5.75 Å². The minimum atomic E-state index is -6.24. The molecule has 0 fully saturated rings. The van der Waals surface area contributed by atoms with Gasteiger partial charge in [0.1, 0.15) is 0 Å². The van der Waals surface area contributed by atoms with Gasteiger partial charge in [-0.1, -0.05) is 6.07 Å². The molecule has 0 aliphatic carbocycles. The lowest BCUT2D eigenvalue weighted by Crippen LogP contribution is -2.28. The first-order chi connectivity index (χ1) is 8.36. The molecule has 0 saturated carbocycles. The van der Waals surface area contributed by atoms with Crippen LogP contribution in [0.1, 0.15) is 5.56 Å². The first-order valence-electron chi connectivity index (χ1n) is 4.23. The van der Waals surface area contributed by atoms with E-state index >= 15 is 0 Å². The van der Waals surface area contributed by atoms with E-state index < -0.39 is 38.9 Å². The van der Waals surface area contributed by atoms with Crippen LogP contribution < -0.4 is 4.18 Å². The Morgan fingerprint density at radius 1 is 1.00 bits per heavy atom. The Morgan fingerprint density at radius 2 is 1.53 bits per heavy atom. The number of rotatable bonds is 2. The maximum Gasteiger partial charge on any atom is 0.534 e. The van der Waals surface area contributed by atoms with Gasteiger partial charge in [0.15, 0.2) is 11.6 Å². The largest absolute Gasteiger partial charge is 0.534 e. The number of hydrogen-bond donors (Lipinski definition) is 0. The highest BCUT2D eigenvalue weighted by Crippen LogP contribution is 2.36. The third kappa shape index (κ3) is 3.28. The average Bonchev–Trinajstić information content (AvgIpc) is 2.17. The third-order valence-electron chi connectivity index (χ3n) is 1.75. The lowest BCUT2D eigenvalue weighted by molar-refractivity contribution is -0.140. The third-order valence-corrected chi connectivity index (χ3v) is 2.72. The Hall–Kier alpha value is -1.52. The summed E-state index contributed by atoms with van der Waals surface area (Å²) < 4.78 is 110. The molecule has 0 heterocycles. The first kappa shape index (κ1) is 15.5. The summed E-state index contributed by atoms with van der Waals surface area (Å²) in [6.07, 6.45) is -5.20. The Morgan fingerprint density at radius 3 is 1.95 bits per heavy atom. The molecule has 0 aromatic heterocycles. The van der Waals surface area contributed by atoms with Crippen LogP contribution in [-0.2, 0) is 16.3 Å². The summed E-state index contributed by atoms with van der Waals surface area (Å²) in [6.45, 7) is 0. The number of alkyl halides is 6. The molecule has 19 heavy (non-hydrogen) atoms. The van der Waals surface area contributed by atoms with E-state index in [1.54, 1.807) is 0 Å². The van der Waals surface area contributed by atoms with Gasteiger partial charge in [0.2, 0.25) is 0 Å². The lowest BCUT2D eigenvalue weighted by atomic mass is 10.2. The van der Waals surface area contributed by atoms with Gasteiger partial charge in [-0.2, -0.15) is 34.8 Å². The predicted octanol–water partition coefficient (Wildman–Crippen LogP) is 3.07. The van der Waals surface area contributed by atoms with Crippen molar-refractivity contribution in [2.75, 3.05) is 0 Å². The van der Waals surface area contributed by atoms with Crippen LogP contribution in [0.5, 0.6) is 5.75 Å². The Bertz CT molecular complexity index is 573. The van der Waals surface area contributed by atoms with Crippen LogP contribution in [0.15, 0.2) is 18.2 Å². The van der Waals surface area contributed by atoms with Crippen molar-refractivity contribution in [3.05, 3.63) is 29.6 Å². The fraction of sp³-hybridized carbons (Fsp3) is 0.250. The molecule has 0 radical (unpaired) electrons. The molecule has 0 aliphatic rings. The van der Waals surface area contributed by atoms with Gasteiger partial charge >= 0.3 is 21.8 Å². The summed E-state index contributed by atoms with van der Waals surface area (Å²) >= 11 is 0. The van der Waals surface area contributed by atoms with Crippen molar-refractivity contribution in [2.24, 2.45) is 0 Å². The van der Waals surface area contributed by atoms with E-state index in [4.69, 9.17) is 0 Å². The predicted molar refractivity (Wildman–Crippen MR) is 47.0 cm³/mol. The summed E-state index contributed by atoms with van der Waals surface area (Å²) in [6, 6.07) is 1.06. The van der Waals surface area contributed by atoms with Crippen LogP contribution in [0.25, 0.3) is 0 Å². The molecule has 1 rings (SSSR count). The second kappa shape index (κ2) is 4.54. The summed E-state index contributed by atoms with van der Waals surface area (Å²) in [5, 5.41) is 0. The minimum absolute atomic E-state index is 0.225. The Balaban J connectivity index is 3.26. The molecule has 1 aromatic carbocycles. The zero-order valence-corrected chi connectivity index (χ0v) is 9.33. The van der Waals surface area contributed by atoms with Crippen molar-refractivity contribution in [1.82, 2.24) is 0 Å². The van der Waals surface area contributed by atoms with Crippen molar-refractivity contribution >= 4 is 10.1 Å². The van der Waals surface area contributed by atoms with Crippen molar-refractivity contribution in [3.63, 3.8) is 0 Å². The van der Waals surface area contributed by atoms with Crippen LogP contribution >= 0.6 is 0 Å². The Labute approximate surface area is 101 Å². The minimum Gasteiger partial charge on any atom is -0.373 e. The quantitative estimate of drug-likeness (QED) is 0.479. The summed E-state index contributed by atoms with van der Waals surface area (Å²) in [5.41, 5.74) is -7.82. The van der Waals surface area contributed by atoms with Crippen LogP contribution in [0.2, 0.25) is 0 Å². The van der Waals surface area contributed by atoms with Crippen molar-refractivity contribution in [2.45, 2.75) is 11.7 Å². The van der Waals surface area contributed by atoms with Gasteiger partial charge in [0, 0.05) is 0 Å². The maximum absolute atomic E-state index is 13.2. The smallest absolute Gasteiger partial charge is 0.373 e. The molecule has 0 unspecified atom stereocenters. The summed E-state index contributed by atoms with van der Waals surface area (Å²) in [4.78, 5) is 0. The number of hydrogen-bond acceptors (Lipinski definition) is 3. The van der Waals surface area contributed by atoms with E-state index in [9.17, 15) is 39.2 Å². The number of benzene rings is 1. The molecule has 1 aromatic rings. The summed E-state index contributed by atoms with van der Waals surface area (Å²) in [5.74, 6) is -3.94.